The summed E-state index contributed by atoms with van der Waals surface area (Å²) in [5.74, 6) is 0.628. The maximum atomic E-state index is 12.7. The molecule has 0 amide bonds. The number of alkyl halides is 3. The molecule has 1 heterocycles. The van der Waals surface area contributed by atoms with Crippen LogP contribution in [0.1, 0.15) is 11.1 Å². The van der Waals surface area contributed by atoms with E-state index in [0.717, 1.165) is 23.8 Å². The molecule has 1 N–H and O–H groups in total. The summed E-state index contributed by atoms with van der Waals surface area (Å²) >= 11 is 0. The van der Waals surface area contributed by atoms with Gasteiger partial charge in [-0.15, -0.1) is 0 Å². The van der Waals surface area contributed by atoms with E-state index in [9.17, 15) is 21.6 Å². The van der Waals surface area contributed by atoms with Crippen molar-refractivity contribution in [3.05, 3.63) is 53.6 Å². The number of anilines is 1. The fourth-order valence-corrected chi connectivity index (χ4v) is 3.40. The number of rotatable bonds is 3. The smallest absolute Gasteiger partial charge is 0.416 e. The van der Waals surface area contributed by atoms with E-state index in [1.54, 1.807) is 6.07 Å². The minimum atomic E-state index is -4.54. The maximum Gasteiger partial charge on any atom is 0.416 e. The lowest BCUT2D eigenvalue weighted by molar-refractivity contribution is -0.137. The lowest BCUT2D eigenvalue weighted by Crippen LogP contribution is -2.14. The van der Waals surface area contributed by atoms with Crippen molar-refractivity contribution in [1.29, 1.82) is 0 Å². The third-order valence-electron chi connectivity index (χ3n) is 3.41. The number of benzene rings is 2. The zero-order valence-corrected chi connectivity index (χ0v) is 12.5. The van der Waals surface area contributed by atoms with Crippen molar-refractivity contribution in [2.24, 2.45) is 0 Å². The molecule has 0 saturated heterocycles. The van der Waals surface area contributed by atoms with Gasteiger partial charge < -0.3 is 4.74 Å². The molecule has 23 heavy (non-hydrogen) atoms. The van der Waals surface area contributed by atoms with Gasteiger partial charge in [-0.1, -0.05) is 6.07 Å². The molecule has 0 aliphatic carbocycles. The van der Waals surface area contributed by atoms with E-state index in [4.69, 9.17) is 4.74 Å². The van der Waals surface area contributed by atoms with E-state index in [1.165, 1.54) is 18.2 Å². The molecule has 2 aromatic carbocycles. The minimum absolute atomic E-state index is 0.0147. The number of halogens is 3. The van der Waals surface area contributed by atoms with Crippen LogP contribution in [0.4, 0.5) is 18.9 Å². The Bertz CT molecular complexity index is 847. The molecule has 0 radical (unpaired) electrons. The predicted octanol–water partition coefficient (Wildman–Crippen LogP) is 3.44. The zero-order valence-electron chi connectivity index (χ0n) is 11.7. The Morgan fingerprint density at radius 2 is 1.87 bits per heavy atom. The van der Waals surface area contributed by atoms with Crippen LogP contribution in [0, 0.1) is 0 Å². The molecular formula is C15H12F3NO3S. The van der Waals surface area contributed by atoms with Crippen molar-refractivity contribution in [1.82, 2.24) is 0 Å². The first kappa shape index (κ1) is 15.7. The fourth-order valence-electron chi connectivity index (χ4n) is 2.30. The molecule has 0 unspecified atom stereocenters. The van der Waals surface area contributed by atoms with E-state index in [0.29, 0.717) is 18.8 Å². The van der Waals surface area contributed by atoms with E-state index in [1.807, 2.05) is 0 Å². The highest BCUT2D eigenvalue weighted by Crippen LogP contribution is 2.32. The number of ether oxygens (including phenoxy) is 1. The van der Waals surface area contributed by atoms with E-state index in [2.05, 4.69) is 4.72 Å². The van der Waals surface area contributed by atoms with Crippen LogP contribution in [0.3, 0.4) is 0 Å². The van der Waals surface area contributed by atoms with Crippen LogP contribution in [-0.4, -0.2) is 15.0 Å². The van der Waals surface area contributed by atoms with E-state index < -0.39 is 21.8 Å². The summed E-state index contributed by atoms with van der Waals surface area (Å²) in [7, 11) is -3.97. The van der Waals surface area contributed by atoms with Gasteiger partial charge >= 0.3 is 6.18 Å². The van der Waals surface area contributed by atoms with Crippen LogP contribution in [-0.2, 0) is 22.6 Å². The average Bonchev–Trinajstić information content (AvgIpc) is 2.93. The van der Waals surface area contributed by atoms with Crippen molar-refractivity contribution in [2.75, 3.05) is 11.3 Å². The van der Waals surface area contributed by atoms with Gasteiger partial charge in [0.05, 0.1) is 17.1 Å². The van der Waals surface area contributed by atoms with Crippen LogP contribution in [0.2, 0.25) is 0 Å². The van der Waals surface area contributed by atoms with Gasteiger partial charge in [-0.3, -0.25) is 4.72 Å². The highest BCUT2D eigenvalue weighted by Gasteiger charge is 2.30. The molecule has 4 nitrogen and oxygen atoms in total. The van der Waals surface area contributed by atoms with Gasteiger partial charge in [0, 0.05) is 12.1 Å². The molecule has 8 heteroatoms. The summed E-state index contributed by atoms with van der Waals surface area (Å²) in [5, 5.41) is 0. The van der Waals surface area contributed by atoms with Crippen molar-refractivity contribution >= 4 is 15.7 Å². The molecule has 0 saturated carbocycles. The zero-order chi connectivity index (χ0) is 16.7. The molecule has 0 aromatic heterocycles. The Morgan fingerprint density at radius 1 is 1.09 bits per heavy atom. The first-order valence-electron chi connectivity index (χ1n) is 6.71. The molecule has 0 fully saturated rings. The number of hydrogen-bond acceptors (Lipinski definition) is 3. The Kier molecular flexibility index (Phi) is 3.71. The second kappa shape index (κ2) is 5.45. The Hall–Kier alpha value is -2.22. The van der Waals surface area contributed by atoms with Gasteiger partial charge in [-0.05, 0) is 42.0 Å². The van der Waals surface area contributed by atoms with Crippen molar-refractivity contribution in [3.8, 4) is 5.75 Å². The Balaban J connectivity index is 1.90. The van der Waals surface area contributed by atoms with Gasteiger partial charge in [0.1, 0.15) is 5.75 Å². The summed E-state index contributed by atoms with van der Waals surface area (Å²) in [5.41, 5.74) is -0.298. The van der Waals surface area contributed by atoms with Gasteiger partial charge in [-0.2, -0.15) is 13.2 Å². The molecule has 1 aliphatic rings. The Labute approximate surface area is 130 Å². The SMILES string of the molecule is O=S(=O)(Nc1cccc(C(F)(F)F)c1)c1ccc2c(c1)CCO2. The predicted molar refractivity (Wildman–Crippen MR) is 77.9 cm³/mol. The number of fused-ring (bicyclic) bond motifs is 1. The third-order valence-corrected chi connectivity index (χ3v) is 4.79. The minimum Gasteiger partial charge on any atom is -0.493 e. The second-order valence-electron chi connectivity index (χ2n) is 5.05. The number of nitrogens with one attached hydrogen (secondary N) is 1. The highest BCUT2D eigenvalue weighted by atomic mass is 32.2. The highest BCUT2D eigenvalue weighted by molar-refractivity contribution is 7.92. The van der Waals surface area contributed by atoms with Crippen molar-refractivity contribution in [3.63, 3.8) is 0 Å². The normalized spacial score (nSPS) is 14.2. The first-order valence-corrected chi connectivity index (χ1v) is 8.20. The monoisotopic (exact) mass is 343 g/mol. The van der Waals surface area contributed by atoms with Crippen LogP contribution in [0.15, 0.2) is 47.4 Å². The van der Waals surface area contributed by atoms with Crippen LogP contribution in [0.5, 0.6) is 5.75 Å². The quantitative estimate of drug-likeness (QED) is 0.929. The fraction of sp³-hybridized carbons (Fsp3) is 0.200. The molecule has 0 atom stereocenters. The van der Waals surface area contributed by atoms with E-state index in [-0.39, 0.29) is 10.6 Å². The molecule has 0 bridgehead atoms. The number of hydrogen-bond donors (Lipinski definition) is 1. The summed E-state index contributed by atoms with van der Waals surface area (Å²) in [4.78, 5) is -0.0147. The summed E-state index contributed by atoms with van der Waals surface area (Å²) in [6.45, 7) is 0.486. The van der Waals surface area contributed by atoms with Crippen LogP contribution in [0.25, 0.3) is 0 Å². The topological polar surface area (TPSA) is 55.4 Å². The lowest BCUT2D eigenvalue weighted by atomic mass is 10.2. The maximum absolute atomic E-state index is 12.7. The average molecular weight is 343 g/mol. The van der Waals surface area contributed by atoms with Gasteiger partial charge in [-0.25, -0.2) is 8.42 Å². The molecule has 122 valence electrons. The Morgan fingerprint density at radius 3 is 2.61 bits per heavy atom. The summed E-state index contributed by atoms with van der Waals surface area (Å²) in [6.07, 6.45) is -3.94. The van der Waals surface area contributed by atoms with Crippen LogP contribution >= 0.6 is 0 Å². The molecule has 1 aliphatic heterocycles. The molecular weight excluding hydrogens is 331 g/mol. The van der Waals surface area contributed by atoms with Gasteiger partial charge in [0.15, 0.2) is 0 Å². The number of sulfonamides is 1. The molecule has 3 rings (SSSR count). The van der Waals surface area contributed by atoms with Gasteiger partial charge in [0.25, 0.3) is 10.0 Å². The third kappa shape index (κ3) is 3.26. The lowest BCUT2D eigenvalue weighted by Gasteiger charge is -2.11. The second-order valence-corrected chi connectivity index (χ2v) is 6.73. The standard InChI is InChI=1S/C15H12F3NO3S/c16-15(17,18)11-2-1-3-12(9-11)19-23(20,21)13-4-5-14-10(8-13)6-7-22-14/h1-5,8-9,19H,6-7H2. The largest absolute Gasteiger partial charge is 0.493 e. The molecule has 0 spiro atoms. The van der Waals surface area contributed by atoms with Crippen molar-refractivity contribution in [2.45, 2.75) is 17.5 Å². The van der Waals surface area contributed by atoms with Gasteiger partial charge in [0.2, 0.25) is 0 Å². The van der Waals surface area contributed by atoms with Crippen LogP contribution < -0.4 is 9.46 Å². The first-order chi connectivity index (χ1) is 10.8. The van der Waals surface area contributed by atoms with E-state index >= 15 is 0 Å². The van der Waals surface area contributed by atoms with Crippen molar-refractivity contribution < 1.29 is 26.3 Å². The molecule has 2 aromatic rings. The summed E-state index contributed by atoms with van der Waals surface area (Å²) < 4.78 is 70.2. The summed E-state index contributed by atoms with van der Waals surface area (Å²) in [6, 6.07) is 8.43.